The highest BCUT2D eigenvalue weighted by Gasteiger charge is 2.28. The first kappa shape index (κ1) is 12.5. The van der Waals surface area contributed by atoms with Gasteiger partial charge in [-0.15, -0.1) is 0 Å². The molecular formula is C11H14N2O3. The molecule has 0 radical (unpaired) electrons. The van der Waals surface area contributed by atoms with E-state index in [1.54, 1.807) is 6.92 Å². The van der Waals surface area contributed by atoms with Crippen molar-refractivity contribution in [1.82, 2.24) is 4.98 Å². The predicted molar refractivity (Wildman–Crippen MR) is 57.8 cm³/mol. The van der Waals surface area contributed by atoms with Crippen molar-refractivity contribution in [2.24, 2.45) is 5.73 Å². The lowest BCUT2D eigenvalue weighted by Gasteiger charge is -2.15. The number of Topliss-reactive ketones (excluding diaryl/α,β-unsaturated/α-hetero) is 2. The average molecular weight is 222 g/mol. The molecule has 5 heteroatoms. The number of pyridine rings is 1. The van der Waals surface area contributed by atoms with E-state index < -0.39 is 17.9 Å². The third-order valence-corrected chi connectivity index (χ3v) is 2.29. The van der Waals surface area contributed by atoms with Crippen LogP contribution in [0.5, 0.6) is 0 Å². The molecule has 2 atom stereocenters. The Kier molecular flexibility index (Phi) is 4.28. The van der Waals surface area contributed by atoms with Crippen LogP contribution in [0.25, 0.3) is 0 Å². The van der Waals surface area contributed by atoms with Gasteiger partial charge in [-0.2, -0.15) is 0 Å². The number of rotatable bonds is 5. The second-order valence-corrected chi connectivity index (χ2v) is 3.39. The Morgan fingerprint density at radius 1 is 1.44 bits per heavy atom. The number of ketones is 2. The number of aliphatic hydroxyl groups is 1. The van der Waals surface area contributed by atoms with Crippen LogP contribution in [0.4, 0.5) is 0 Å². The summed E-state index contributed by atoms with van der Waals surface area (Å²) in [4.78, 5) is 26.7. The highest BCUT2D eigenvalue weighted by molar-refractivity contribution is 6.03. The fourth-order valence-corrected chi connectivity index (χ4v) is 1.26. The molecule has 3 N–H and O–H groups in total. The van der Waals surface area contributed by atoms with Crippen LogP contribution in [-0.2, 0) is 4.79 Å². The van der Waals surface area contributed by atoms with Gasteiger partial charge in [0.25, 0.3) is 0 Å². The van der Waals surface area contributed by atoms with Crippen molar-refractivity contribution in [2.45, 2.75) is 25.5 Å². The molecule has 1 heterocycles. The molecule has 5 nitrogen and oxygen atoms in total. The van der Waals surface area contributed by atoms with Gasteiger partial charge in [0.2, 0.25) is 0 Å². The van der Waals surface area contributed by atoms with E-state index in [0.29, 0.717) is 5.56 Å². The molecule has 1 rings (SSSR count). The first-order valence-electron chi connectivity index (χ1n) is 4.98. The van der Waals surface area contributed by atoms with E-state index in [2.05, 4.69) is 4.98 Å². The second-order valence-electron chi connectivity index (χ2n) is 3.39. The first-order chi connectivity index (χ1) is 7.57. The number of hydrogen-bond donors (Lipinski definition) is 2. The maximum atomic E-state index is 11.7. The molecule has 2 unspecified atom stereocenters. The van der Waals surface area contributed by atoms with Crippen LogP contribution in [0.1, 0.15) is 23.7 Å². The summed E-state index contributed by atoms with van der Waals surface area (Å²) in [7, 11) is 0. The Hall–Kier alpha value is -1.59. The third kappa shape index (κ3) is 2.71. The Bertz CT molecular complexity index is 378. The van der Waals surface area contributed by atoms with Crippen LogP contribution >= 0.6 is 0 Å². The lowest BCUT2D eigenvalue weighted by molar-refractivity contribution is -0.121. The van der Waals surface area contributed by atoms with Gasteiger partial charge in [-0.1, -0.05) is 6.92 Å². The van der Waals surface area contributed by atoms with Crippen molar-refractivity contribution < 1.29 is 14.7 Å². The zero-order valence-corrected chi connectivity index (χ0v) is 8.96. The van der Waals surface area contributed by atoms with Gasteiger partial charge in [-0.3, -0.25) is 14.6 Å². The van der Waals surface area contributed by atoms with Gasteiger partial charge >= 0.3 is 0 Å². The minimum atomic E-state index is -1.49. The van der Waals surface area contributed by atoms with Crippen molar-refractivity contribution in [3.05, 3.63) is 30.1 Å². The Labute approximate surface area is 93.3 Å². The van der Waals surface area contributed by atoms with E-state index in [-0.39, 0.29) is 12.2 Å². The predicted octanol–water partition coefficient (Wildman–Crippen LogP) is -0.0684. The van der Waals surface area contributed by atoms with E-state index in [9.17, 15) is 14.7 Å². The second kappa shape index (κ2) is 5.48. The molecule has 0 amide bonds. The summed E-state index contributed by atoms with van der Waals surface area (Å²) >= 11 is 0. The van der Waals surface area contributed by atoms with Gasteiger partial charge in [0, 0.05) is 24.4 Å². The highest BCUT2D eigenvalue weighted by atomic mass is 16.3. The summed E-state index contributed by atoms with van der Waals surface area (Å²) in [5, 5.41) is 9.63. The zero-order chi connectivity index (χ0) is 12.1. The van der Waals surface area contributed by atoms with E-state index in [1.807, 2.05) is 0 Å². The summed E-state index contributed by atoms with van der Waals surface area (Å²) in [6.07, 6.45) is 1.58. The molecule has 0 aliphatic heterocycles. The molecule has 86 valence electrons. The van der Waals surface area contributed by atoms with E-state index in [0.717, 1.165) is 0 Å². The maximum Gasteiger partial charge on any atom is 0.193 e. The topological polar surface area (TPSA) is 93.3 Å². The number of hydrogen-bond acceptors (Lipinski definition) is 5. The zero-order valence-electron chi connectivity index (χ0n) is 8.96. The fraction of sp³-hybridized carbons (Fsp3) is 0.364. The van der Waals surface area contributed by atoms with Crippen LogP contribution in [0.15, 0.2) is 24.5 Å². The number of aromatic nitrogens is 1. The lowest BCUT2D eigenvalue weighted by Crippen LogP contribution is -2.46. The van der Waals surface area contributed by atoms with Crippen molar-refractivity contribution in [2.75, 3.05) is 0 Å². The van der Waals surface area contributed by atoms with Crippen molar-refractivity contribution in [3.63, 3.8) is 0 Å². The number of carbonyl (C=O) groups excluding carboxylic acids is 2. The SMILES string of the molecule is CCC(=O)C(N)C(O)C(=O)c1ccncc1. The Morgan fingerprint density at radius 3 is 2.50 bits per heavy atom. The molecule has 16 heavy (non-hydrogen) atoms. The standard InChI is InChI=1S/C11H14N2O3/c1-2-8(14)9(12)11(16)10(15)7-3-5-13-6-4-7/h3-6,9,11,16H,2,12H2,1H3. The van der Waals surface area contributed by atoms with Gasteiger partial charge in [0.15, 0.2) is 11.6 Å². The molecule has 1 aromatic rings. The number of nitrogens with two attached hydrogens (primary N) is 1. The summed E-state index contributed by atoms with van der Waals surface area (Å²) in [6, 6.07) is 1.77. The van der Waals surface area contributed by atoms with Crippen LogP contribution in [0, 0.1) is 0 Å². The van der Waals surface area contributed by atoms with E-state index >= 15 is 0 Å². The first-order valence-corrected chi connectivity index (χ1v) is 4.98. The molecule has 0 saturated carbocycles. The molecular weight excluding hydrogens is 208 g/mol. The van der Waals surface area contributed by atoms with Crippen molar-refractivity contribution in [1.29, 1.82) is 0 Å². The Balaban J connectivity index is 2.79. The maximum absolute atomic E-state index is 11.7. The van der Waals surface area contributed by atoms with Crippen molar-refractivity contribution >= 4 is 11.6 Å². The van der Waals surface area contributed by atoms with Crippen LogP contribution in [0.3, 0.4) is 0 Å². The highest BCUT2D eigenvalue weighted by Crippen LogP contribution is 2.06. The average Bonchev–Trinajstić information content (AvgIpc) is 2.36. The smallest absolute Gasteiger partial charge is 0.193 e. The van der Waals surface area contributed by atoms with Gasteiger partial charge in [0.1, 0.15) is 6.10 Å². The van der Waals surface area contributed by atoms with E-state index in [1.165, 1.54) is 24.5 Å². The molecule has 0 fully saturated rings. The van der Waals surface area contributed by atoms with Gasteiger partial charge in [0.05, 0.1) is 6.04 Å². The van der Waals surface area contributed by atoms with Crippen LogP contribution < -0.4 is 5.73 Å². The van der Waals surface area contributed by atoms with Gasteiger partial charge in [-0.05, 0) is 12.1 Å². The van der Waals surface area contributed by atoms with Gasteiger partial charge < -0.3 is 10.8 Å². The van der Waals surface area contributed by atoms with Crippen molar-refractivity contribution in [3.8, 4) is 0 Å². The molecule has 0 saturated heterocycles. The quantitative estimate of drug-likeness (QED) is 0.680. The molecule has 0 aliphatic carbocycles. The van der Waals surface area contributed by atoms with Gasteiger partial charge in [-0.25, -0.2) is 0 Å². The molecule has 1 aromatic heterocycles. The fourth-order valence-electron chi connectivity index (χ4n) is 1.26. The molecule has 0 bridgehead atoms. The molecule has 0 aromatic carbocycles. The molecule has 0 spiro atoms. The minimum Gasteiger partial charge on any atom is -0.383 e. The molecule has 0 aliphatic rings. The number of aliphatic hydroxyl groups excluding tert-OH is 1. The summed E-state index contributed by atoms with van der Waals surface area (Å²) in [5.41, 5.74) is 5.77. The number of carbonyl (C=O) groups is 2. The Morgan fingerprint density at radius 2 is 2.00 bits per heavy atom. The normalized spacial score (nSPS) is 14.2. The lowest BCUT2D eigenvalue weighted by atomic mass is 9.98. The monoisotopic (exact) mass is 222 g/mol. The third-order valence-electron chi connectivity index (χ3n) is 2.29. The summed E-state index contributed by atoms with van der Waals surface area (Å²) in [6.45, 7) is 1.63. The summed E-state index contributed by atoms with van der Waals surface area (Å²) < 4.78 is 0. The minimum absolute atomic E-state index is 0.196. The summed E-state index contributed by atoms with van der Waals surface area (Å²) in [5.74, 6) is -0.897. The van der Waals surface area contributed by atoms with E-state index in [4.69, 9.17) is 5.73 Å². The van der Waals surface area contributed by atoms with Crippen LogP contribution in [0.2, 0.25) is 0 Å². The number of nitrogens with zero attached hydrogens (tertiary/aromatic N) is 1. The largest absolute Gasteiger partial charge is 0.383 e. The van der Waals surface area contributed by atoms with Crippen LogP contribution in [-0.4, -0.2) is 33.8 Å².